The largest absolute Gasteiger partial charge is 0.366 e. The summed E-state index contributed by atoms with van der Waals surface area (Å²) < 4.78 is 0. The van der Waals surface area contributed by atoms with E-state index >= 15 is 0 Å². The van der Waals surface area contributed by atoms with Crippen LogP contribution in [0.4, 0.5) is 11.4 Å². The molecule has 0 radical (unpaired) electrons. The number of Topliss-reactive ketones (excluding diaryl/α,β-unsaturated/α-hetero) is 1. The number of hydrogen-bond acceptors (Lipinski definition) is 4. The summed E-state index contributed by atoms with van der Waals surface area (Å²) in [5.74, 6) is -0.160. The molecule has 1 aromatic rings. The topological polar surface area (TPSA) is 63.5 Å². The summed E-state index contributed by atoms with van der Waals surface area (Å²) in [6.07, 6.45) is 1.84. The number of nitrogens with zero attached hydrogens (tertiary/aromatic N) is 2. The first kappa shape index (κ1) is 15.1. The highest BCUT2D eigenvalue weighted by atomic mass is 16.6. The average molecular weight is 264 g/mol. The lowest BCUT2D eigenvalue weighted by atomic mass is 10.1. The fraction of sp³-hybridized carbons (Fsp3) is 0.500. The minimum Gasteiger partial charge on any atom is -0.366 e. The minimum atomic E-state index is -0.417. The van der Waals surface area contributed by atoms with Crippen molar-refractivity contribution < 1.29 is 9.72 Å². The van der Waals surface area contributed by atoms with Crippen LogP contribution in [0.25, 0.3) is 0 Å². The molecule has 1 aromatic carbocycles. The highest BCUT2D eigenvalue weighted by Crippen LogP contribution is 2.29. The molecule has 0 amide bonds. The van der Waals surface area contributed by atoms with Gasteiger partial charge in [-0.3, -0.25) is 14.9 Å². The van der Waals surface area contributed by atoms with E-state index in [2.05, 4.69) is 0 Å². The van der Waals surface area contributed by atoms with Crippen LogP contribution < -0.4 is 4.90 Å². The van der Waals surface area contributed by atoms with E-state index in [0.29, 0.717) is 11.3 Å². The maximum atomic E-state index is 11.3. The summed E-state index contributed by atoms with van der Waals surface area (Å²) in [6, 6.07) is 4.71. The molecule has 19 heavy (non-hydrogen) atoms. The Hall–Kier alpha value is -1.91. The number of carbonyl (C=O) groups excluding carboxylic acids is 1. The van der Waals surface area contributed by atoms with E-state index in [1.54, 1.807) is 12.1 Å². The fourth-order valence-electron chi connectivity index (χ4n) is 2.05. The Morgan fingerprint density at radius 1 is 1.26 bits per heavy atom. The van der Waals surface area contributed by atoms with Gasteiger partial charge in [-0.1, -0.05) is 13.8 Å². The van der Waals surface area contributed by atoms with Crippen LogP contribution in [-0.4, -0.2) is 23.8 Å². The molecule has 0 saturated heterocycles. The van der Waals surface area contributed by atoms with Crippen LogP contribution >= 0.6 is 0 Å². The van der Waals surface area contributed by atoms with Crippen molar-refractivity contribution >= 4 is 17.2 Å². The highest BCUT2D eigenvalue weighted by molar-refractivity contribution is 5.95. The van der Waals surface area contributed by atoms with Crippen LogP contribution in [0.1, 0.15) is 44.0 Å². The zero-order valence-electron chi connectivity index (χ0n) is 11.7. The predicted octanol–water partition coefficient (Wildman–Crippen LogP) is 3.42. The predicted molar refractivity (Wildman–Crippen MR) is 75.9 cm³/mol. The van der Waals surface area contributed by atoms with Gasteiger partial charge in [0.25, 0.3) is 5.69 Å². The monoisotopic (exact) mass is 264 g/mol. The summed E-state index contributed by atoms with van der Waals surface area (Å²) in [6.45, 7) is 7.04. The number of benzene rings is 1. The SMILES string of the molecule is CCCN(CCC)c1ccc(C(C)=O)cc1[N+](=O)[O-]. The Labute approximate surface area is 113 Å². The van der Waals surface area contributed by atoms with Crippen LogP contribution in [0, 0.1) is 10.1 Å². The molecule has 0 heterocycles. The molecule has 0 aliphatic carbocycles. The molecule has 5 nitrogen and oxygen atoms in total. The molecule has 0 aromatic heterocycles. The average Bonchev–Trinajstić information content (AvgIpc) is 2.37. The van der Waals surface area contributed by atoms with Gasteiger partial charge in [0.1, 0.15) is 5.69 Å². The second kappa shape index (κ2) is 6.87. The lowest BCUT2D eigenvalue weighted by molar-refractivity contribution is -0.384. The lowest BCUT2D eigenvalue weighted by Crippen LogP contribution is -2.25. The quantitative estimate of drug-likeness (QED) is 0.430. The molecule has 5 heteroatoms. The minimum absolute atomic E-state index is 0.00889. The van der Waals surface area contributed by atoms with Gasteiger partial charge in [-0.2, -0.15) is 0 Å². The summed E-state index contributed by atoms with van der Waals surface area (Å²) in [5.41, 5.74) is 0.983. The normalized spacial score (nSPS) is 10.3. The van der Waals surface area contributed by atoms with Gasteiger partial charge in [0.15, 0.2) is 5.78 Å². The third kappa shape index (κ3) is 3.77. The van der Waals surface area contributed by atoms with Gasteiger partial charge in [-0.15, -0.1) is 0 Å². The molecule has 1 rings (SSSR count). The summed E-state index contributed by atoms with van der Waals surface area (Å²) >= 11 is 0. The number of ketones is 1. The van der Waals surface area contributed by atoms with Crippen LogP contribution in [0.3, 0.4) is 0 Å². The molecular formula is C14H20N2O3. The van der Waals surface area contributed by atoms with E-state index in [9.17, 15) is 14.9 Å². The molecular weight excluding hydrogens is 244 g/mol. The number of rotatable bonds is 7. The van der Waals surface area contributed by atoms with Gasteiger partial charge in [0, 0.05) is 24.7 Å². The zero-order valence-corrected chi connectivity index (χ0v) is 11.7. The highest BCUT2D eigenvalue weighted by Gasteiger charge is 2.20. The van der Waals surface area contributed by atoms with Crippen molar-refractivity contribution in [1.29, 1.82) is 0 Å². The molecule has 104 valence electrons. The molecule has 0 aliphatic rings. The van der Waals surface area contributed by atoms with Gasteiger partial charge >= 0.3 is 0 Å². The maximum absolute atomic E-state index is 11.3. The van der Waals surface area contributed by atoms with Gasteiger partial charge < -0.3 is 4.90 Å². The Kier molecular flexibility index (Phi) is 5.48. The lowest BCUT2D eigenvalue weighted by Gasteiger charge is -2.23. The molecule has 0 N–H and O–H groups in total. The Bertz CT molecular complexity index is 466. The summed E-state index contributed by atoms with van der Waals surface area (Å²) in [7, 11) is 0. The van der Waals surface area contributed by atoms with Gasteiger partial charge in [-0.05, 0) is 31.9 Å². The molecule has 0 aliphatic heterocycles. The molecule has 0 unspecified atom stereocenters. The van der Waals surface area contributed by atoms with Crippen molar-refractivity contribution in [2.45, 2.75) is 33.6 Å². The van der Waals surface area contributed by atoms with E-state index in [4.69, 9.17) is 0 Å². The van der Waals surface area contributed by atoms with Crippen molar-refractivity contribution in [3.63, 3.8) is 0 Å². The summed E-state index contributed by atoms with van der Waals surface area (Å²) in [4.78, 5) is 24.1. The molecule has 0 bridgehead atoms. The van der Waals surface area contributed by atoms with Gasteiger partial charge in [0.2, 0.25) is 0 Å². The van der Waals surface area contributed by atoms with Crippen molar-refractivity contribution in [2.24, 2.45) is 0 Å². The first-order valence-corrected chi connectivity index (χ1v) is 6.55. The van der Waals surface area contributed by atoms with Gasteiger partial charge in [0.05, 0.1) is 4.92 Å². The number of nitro groups is 1. The number of carbonyl (C=O) groups is 1. The van der Waals surface area contributed by atoms with Crippen LogP contribution in [0.5, 0.6) is 0 Å². The third-order valence-corrected chi connectivity index (χ3v) is 2.91. The first-order valence-electron chi connectivity index (χ1n) is 6.55. The third-order valence-electron chi connectivity index (χ3n) is 2.91. The molecule has 0 atom stereocenters. The van der Waals surface area contributed by atoms with Gasteiger partial charge in [-0.25, -0.2) is 0 Å². The Balaban J connectivity index is 3.24. The number of anilines is 1. The van der Waals surface area contributed by atoms with Crippen molar-refractivity contribution in [3.8, 4) is 0 Å². The molecule has 0 saturated carbocycles. The molecule has 0 fully saturated rings. The number of hydrogen-bond donors (Lipinski definition) is 0. The van der Waals surface area contributed by atoms with E-state index < -0.39 is 4.92 Å². The second-order valence-corrected chi connectivity index (χ2v) is 4.50. The first-order chi connectivity index (χ1) is 9.01. The zero-order chi connectivity index (χ0) is 14.4. The Morgan fingerprint density at radius 3 is 2.26 bits per heavy atom. The fourth-order valence-corrected chi connectivity index (χ4v) is 2.05. The second-order valence-electron chi connectivity index (χ2n) is 4.50. The van der Waals surface area contributed by atoms with E-state index in [0.717, 1.165) is 25.9 Å². The van der Waals surface area contributed by atoms with E-state index in [1.165, 1.54) is 13.0 Å². The number of nitro benzene ring substituents is 1. The van der Waals surface area contributed by atoms with Crippen LogP contribution in [-0.2, 0) is 0 Å². The Morgan fingerprint density at radius 2 is 1.84 bits per heavy atom. The van der Waals surface area contributed by atoms with E-state index in [1.807, 2.05) is 18.7 Å². The maximum Gasteiger partial charge on any atom is 0.293 e. The van der Waals surface area contributed by atoms with Crippen molar-refractivity contribution in [3.05, 3.63) is 33.9 Å². The summed E-state index contributed by atoms with van der Waals surface area (Å²) in [5, 5.41) is 11.2. The standard InChI is InChI=1S/C14H20N2O3/c1-4-8-15(9-5-2)13-7-6-12(11(3)17)10-14(13)16(18)19/h6-7,10H,4-5,8-9H2,1-3H3. The van der Waals surface area contributed by atoms with Crippen molar-refractivity contribution in [2.75, 3.05) is 18.0 Å². The van der Waals surface area contributed by atoms with E-state index in [-0.39, 0.29) is 11.5 Å². The van der Waals surface area contributed by atoms with Crippen LogP contribution in [0.2, 0.25) is 0 Å². The molecule has 0 spiro atoms. The van der Waals surface area contributed by atoms with Crippen molar-refractivity contribution in [1.82, 2.24) is 0 Å². The van der Waals surface area contributed by atoms with Crippen LogP contribution in [0.15, 0.2) is 18.2 Å². The smallest absolute Gasteiger partial charge is 0.293 e.